The molecule has 0 saturated carbocycles. The molecule has 0 amide bonds. The monoisotopic (exact) mass is 178 g/mol. The van der Waals surface area contributed by atoms with Crippen LogP contribution < -0.4 is 21.5 Å². The molecule has 5 N–H and O–H groups in total. The van der Waals surface area contributed by atoms with E-state index in [-0.39, 0.29) is 6.54 Å². The Morgan fingerprint density at radius 1 is 1.67 bits per heavy atom. The minimum atomic E-state index is -1.10. The molecule has 0 aromatic carbocycles. The zero-order valence-electron chi connectivity index (χ0n) is 7.19. The number of nitrogens with one attached hydrogen (secondary N) is 4. The lowest BCUT2D eigenvalue weighted by Crippen LogP contribution is -2.74. The average molecular weight is 178 g/mol. The van der Waals surface area contributed by atoms with Crippen molar-refractivity contribution in [3.8, 4) is 0 Å². The van der Waals surface area contributed by atoms with E-state index in [4.69, 9.17) is 5.11 Å². The van der Waals surface area contributed by atoms with E-state index in [2.05, 4.69) is 21.5 Å². The molecule has 12 heavy (non-hydrogen) atoms. The molecule has 0 aliphatic carbocycles. The van der Waals surface area contributed by atoms with E-state index in [1.165, 1.54) is 0 Å². The van der Waals surface area contributed by atoms with Gasteiger partial charge in [0.2, 0.25) is 0 Å². The molecule has 0 aromatic heterocycles. The topological polar surface area (TPSA) is 68.3 Å². The predicted molar refractivity (Wildman–Crippen MR) is 42.6 cm³/mol. The van der Waals surface area contributed by atoms with Crippen molar-refractivity contribution in [3.05, 3.63) is 0 Å². The summed E-state index contributed by atoms with van der Waals surface area (Å²) in [4.78, 5) is 0. The van der Waals surface area contributed by atoms with Crippen LogP contribution in [0.3, 0.4) is 0 Å². The van der Waals surface area contributed by atoms with Crippen molar-refractivity contribution in [3.63, 3.8) is 0 Å². The fourth-order valence-electron chi connectivity index (χ4n) is 1.22. The van der Waals surface area contributed by atoms with Crippen LogP contribution in [0.15, 0.2) is 0 Å². The molecule has 72 valence electrons. The molecular formula is C6H15FN4O. The van der Waals surface area contributed by atoms with E-state index < -0.39 is 18.2 Å². The van der Waals surface area contributed by atoms with E-state index in [1.807, 2.05) is 0 Å². The highest BCUT2D eigenvalue weighted by Crippen LogP contribution is 2.12. The highest BCUT2D eigenvalue weighted by molar-refractivity contribution is 4.92. The summed E-state index contributed by atoms with van der Waals surface area (Å²) in [6.45, 7) is 1.76. The fourth-order valence-corrected chi connectivity index (χ4v) is 1.22. The number of hydrogen-bond acceptors (Lipinski definition) is 5. The Bertz CT molecular complexity index is 158. The maximum Gasteiger partial charge on any atom is 0.162 e. The van der Waals surface area contributed by atoms with Gasteiger partial charge in [-0.3, -0.25) is 16.1 Å². The number of halogens is 1. The van der Waals surface area contributed by atoms with Crippen molar-refractivity contribution in [2.75, 3.05) is 13.6 Å². The summed E-state index contributed by atoms with van der Waals surface area (Å²) < 4.78 is 13.3. The molecular weight excluding hydrogens is 163 g/mol. The van der Waals surface area contributed by atoms with E-state index >= 15 is 0 Å². The lowest BCUT2D eigenvalue weighted by molar-refractivity contribution is -0.0270. The van der Waals surface area contributed by atoms with E-state index in [0.717, 1.165) is 0 Å². The summed E-state index contributed by atoms with van der Waals surface area (Å²) in [7, 11) is 1.65. The van der Waals surface area contributed by atoms with Gasteiger partial charge in [-0.15, -0.1) is 0 Å². The maximum atomic E-state index is 13.3. The number of aliphatic hydroxyl groups is 1. The molecule has 0 bridgehead atoms. The van der Waals surface area contributed by atoms with Crippen molar-refractivity contribution in [1.29, 1.82) is 0 Å². The molecule has 1 heterocycles. The SMILES string of the molecule is CNNC1(C)NC(O)NCC1F. The predicted octanol–water partition coefficient (Wildman–Crippen LogP) is -1.77. The highest BCUT2D eigenvalue weighted by atomic mass is 19.1. The Labute approximate surface area is 70.7 Å². The van der Waals surface area contributed by atoms with Gasteiger partial charge in [-0.05, 0) is 14.0 Å². The molecule has 5 nitrogen and oxygen atoms in total. The molecule has 1 saturated heterocycles. The van der Waals surface area contributed by atoms with Gasteiger partial charge < -0.3 is 5.11 Å². The maximum absolute atomic E-state index is 13.3. The van der Waals surface area contributed by atoms with Gasteiger partial charge in [0.15, 0.2) is 6.35 Å². The zero-order chi connectivity index (χ0) is 9.19. The van der Waals surface area contributed by atoms with Crippen LogP contribution in [0.5, 0.6) is 0 Å². The first kappa shape index (κ1) is 9.82. The number of aliphatic hydroxyl groups excluding tert-OH is 1. The molecule has 1 rings (SSSR count). The van der Waals surface area contributed by atoms with Crippen LogP contribution in [0.4, 0.5) is 4.39 Å². The molecule has 1 fully saturated rings. The second kappa shape index (κ2) is 3.63. The standard InChI is InChI=1S/C6H15FN4O/c1-6(11-8-2)4(7)3-9-5(12)10-6/h4-5,8-12H,3H2,1-2H3. The quantitative estimate of drug-likeness (QED) is 0.324. The first-order chi connectivity index (χ1) is 5.58. The van der Waals surface area contributed by atoms with Crippen molar-refractivity contribution in [1.82, 2.24) is 21.5 Å². The van der Waals surface area contributed by atoms with Gasteiger partial charge in [0.05, 0.1) is 0 Å². The van der Waals surface area contributed by atoms with Gasteiger partial charge in [-0.1, -0.05) is 0 Å². The van der Waals surface area contributed by atoms with Gasteiger partial charge in [-0.2, -0.15) is 0 Å². The van der Waals surface area contributed by atoms with Crippen LogP contribution in [0.1, 0.15) is 6.92 Å². The number of hydrazine groups is 1. The van der Waals surface area contributed by atoms with Gasteiger partial charge >= 0.3 is 0 Å². The Morgan fingerprint density at radius 3 is 2.92 bits per heavy atom. The highest BCUT2D eigenvalue weighted by Gasteiger charge is 2.39. The van der Waals surface area contributed by atoms with Crippen LogP contribution in [0.2, 0.25) is 0 Å². The number of alkyl halides is 1. The zero-order valence-corrected chi connectivity index (χ0v) is 7.19. The summed E-state index contributed by atoms with van der Waals surface area (Å²) in [6.07, 6.45) is -1.98. The van der Waals surface area contributed by atoms with Gasteiger partial charge in [-0.25, -0.2) is 9.82 Å². The van der Waals surface area contributed by atoms with Gasteiger partial charge in [0, 0.05) is 6.54 Å². The molecule has 0 radical (unpaired) electrons. The summed E-state index contributed by atoms with van der Waals surface area (Å²) in [5, 5.41) is 14.3. The summed E-state index contributed by atoms with van der Waals surface area (Å²) in [5.41, 5.74) is 4.41. The minimum Gasteiger partial charge on any atom is -0.365 e. The first-order valence-electron chi connectivity index (χ1n) is 3.85. The smallest absolute Gasteiger partial charge is 0.162 e. The molecule has 0 spiro atoms. The minimum absolute atomic E-state index is 0.124. The van der Waals surface area contributed by atoms with Crippen LogP contribution in [0, 0.1) is 0 Å². The Morgan fingerprint density at radius 2 is 2.33 bits per heavy atom. The van der Waals surface area contributed by atoms with Crippen molar-refractivity contribution in [2.24, 2.45) is 0 Å². The van der Waals surface area contributed by atoms with E-state index in [0.29, 0.717) is 0 Å². The van der Waals surface area contributed by atoms with Crippen molar-refractivity contribution in [2.45, 2.75) is 25.1 Å². The summed E-state index contributed by atoms with van der Waals surface area (Å²) in [6, 6.07) is 0. The van der Waals surface area contributed by atoms with Gasteiger partial charge in [0.25, 0.3) is 0 Å². The molecule has 6 heteroatoms. The third-order valence-electron chi connectivity index (χ3n) is 1.94. The molecule has 0 aromatic rings. The van der Waals surface area contributed by atoms with Crippen LogP contribution >= 0.6 is 0 Å². The van der Waals surface area contributed by atoms with Gasteiger partial charge in [0.1, 0.15) is 11.8 Å². The van der Waals surface area contributed by atoms with Crippen LogP contribution in [-0.4, -0.2) is 36.9 Å². The third-order valence-corrected chi connectivity index (χ3v) is 1.94. The molecule has 1 aliphatic rings. The summed E-state index contributed by atoms with van der Waals surface area (Å²) >= 11 is 0. The lowest BCUT2D eigenvalue weighted by Gasteiger charge is -2.41. The van der Waals surface area contributed by atoms with Crippen molar-refractivity contribution < 1.29 is 9.50 Å². The molecule has 1 aliphatic heterocycles. The van der Waals surface area contributed by atoms with E-state index in [1.54, 1.807) is 14.0 Å². The number of rotatable bonds is 2. The Balaban J connectivity index is 2.57. The normalized spacial score (nSPS) is 43.0. The van der Waals surface area contributed by atoms with Crippen LogP contribution in [0.25, 0.3) is 0 Å². The average Bonchev–Trinajstić information content (AvgIpc) is 1.98. The second-order valence-electron chi connectivity index (χ2n) is 3.00. The largest absolute Gasteiger partial charge is 0.365 e. The fraction of sp³-hybridized carbons (Fsp3) is 1.00. The number of hydrogen-bond donors (Lipinski definition) is 5. The van der Waals surface area contributed by atoms with Crippen LogP contribution in [-0.2, 0) is 0 Å². The summed E-state index contributed by atoms with van der Waals surface area (Å²) in [5.74, 6) is 0. The molecule has 3 unspecified atom stereocenters. The lowest BCUT2D eigenvalue weighted by atomic mass is 10.1. The first-order valence-corrected chi connectivity index (χ1v) is 3.85. The van der Waals surface area contributed by atoms with E-state index in [9.17, 15) is 4.39 Å². The second-order valence-corrected chi connectivity index (χ2v) is 3.00. The third kappa shape index (κ3) is 1.90. The van der Waals surface area contributed by atoms with Crippen molar-refractivity contribution >= 4 is 0 Å². The Hall–Kier alpha value is -0.270. The Kier molecular flexibility index (Phi) is 2.97. The molecule has 3 atom stereocenters.